The molecule has 0 N–H and O–H groups in total. The number of hydrogen-bond acceptors (Lipinski definition) is 8. The summed E-state index contributed by atoms with van der Waals surface area (Å²) in [7, 11) is 1.12. The van der Waals surface area contributed by atoms with Gasteiger partial charge in [0.05, 0.1) is 27.7 Å². The fourth-order valence-electron chi connectivity index (χ4n) is 7.56. The Balaban J connectivity index is 4.21. The van der Waals surface area contributed by atoms with Crippen LogP contribution in [0.15, 0.2) is 170 Å². The highest BCUT2D eigenvalue weighted by molar-refractivity contribution is 7.45. The molecule has 450 valence electrons. The molecule has 0 spiro atoms. The molecular formula is C70H112NO8P. The fourth-order valence-corrected chi connectivity index (χ4v) is 8.28. The molecule has 0 rings (SSSR count). The maximum atomic E-state index is 12.8. The van der Waals surface area contributed by atoms with Crippen LogP contribution >= 0.6 is 7.82 Å². The summed E-state index contributed by atoms with van der Waals surface area (Å²) in [6.45, 7) is 3.95. The third-order valence-corrected chi connectivity index (χ3v) is 13.2. The first-order valence-corrected chi connectivity index (χ1v) is 32.3. The highest BCUT2D eigenvalue weighted by Crippen LogP contribution is 2.38. The van der Waals surface area contributed by atoms with Gasteiger partial charge in [0.1, 0.15) is 19.8 Å². The Morgan fingerprint density at radius 3 is 1.00 bits per heavy atom. The number of likely N-dealkylation sites (N-methyl/N-ethyl adjacent to an activating group) is 1. The van der Waals surface area contributed by atoms with Gasteiger partial charge in [-0.2, -0.15) is 0 Å². The molecule has 0 aromatic carbocycles. The highest BCUT2D eigenvalue weighted by atomic mass is 31.2. The second kappa shape index (κ2) is 59.0. The van der Waals surface area contributed by atoms with Crippen LogP contribution in [-0.2, 0) is 32.7 Å². The lowest BCUT2D eigenvalue weighted by Crippen LogP contribution is -2.37. The van der Waals surface area contributed by atoms with Crippen molar-refractivity contribution < 1.29 is 42.1 Å². The zero-order chi connectivity index (χ0) is 58.4. The van der Waals surface area contributed by atoms with Crippen LogP contribution in [0.2, 0.25) is 0 Å². The maximum absolute atomic E-state index is 12.8. The van der Waals surface area contributed by atoms with Crippen LogP contribution in [0.1, 0.15) is 206 Å². The van der Waals surface area contributed by atoms with Crippen molar-refractivity contribution in [2.45, 2.75) is 213 Å². The zero-order valence-electron chi connectivity index (χ0n) is 50.9. The lowest BCUT2D eigenvalue weighted by atomic mass is 10.1. The smallest absolute Gasteiger partial charge is 0.306 e. The van der Waals surface area contributed by atoms with E-state index in [9.17, 15) is 19.0 Å². The maximum Gasteiger partial charge on any atom is 0.306 e. The van der Waals surface area contributed by atoms with E-state index >= 15 is 0 Å². The van der Waals surface area contributed by atoms with Gasteiger partial charge < -0.3 is 27.9 Å². The minimum Gasteiger partial charge on any atom is -0.756 e. The summed E-state index contributed by atoms with van der Waals surface area (Å²) in [4.78, 5) is 37.9. The predicted molar refractivity (Wildman–Crippen MR) is 341 cm³/mol. The van der Waals surface area contributed by atoms with Gasteiger partial charge in [-0.15, -0.1) is 0 Å². The van der Waals surface area contributed by atoms with Gasteiger partial charge in [-0.05, 0) is 128 Å². The average molecular weight is 1130 g/mol. The Bertz CT molecular complexity index is 1950. The summed E-state index contributed by atoms with van der Waals surface area (Å²) < 4.78 is 34.1. The van der Waals surface area contributed by atoms with Gasteiger partial charge in [-0.25, -0.2) is 0 Å². The van der Waals surface area contributed by atoms with E-state index in [1.165, 1.54) is 19.3 Å². The van der Waals surface area contributed by atoms with Crippen LogP contribution in [0.5, 0.6) is 0 Å². The Kier molecular flexibility index (Phi) is 55.6. The number of allylic oxidation sites excluding steroid dienone is 28. The van der Waals surface area contributed by atoms with Crippen molar-refractivity contribution in [2.75, 3.05) is 47.5 Å². The molecule has 0 fully saturated rings. The van der Waals surface area contributed by atoms with Crippen LogP contribution in [0, 0.1) is 0 Å². The molecule has 0 bridgehead atoms. The van der Waals surface area contributed by atoms with E-state index in [1.54, 1.807) is 0 Å². The van der Waals surface area contributed by atoms with E-state index in [0.717, 1.165) is 148 Å². The molecule has 0 aromatic heterocycles. The molecule has 10 heteroatoms. The number of phosphoric ester groups is 1. The minimum absolute atomic E-state index is 0.0463. The Labute approximate surface area is 489 Å². The molecule has 80 heavy (non-hydrogen) atoms. The molecule has 0 aliphatic carbocycles. The van der Waals surface area contributed by atoms with E-state index < -0.39 is 32.5 Å². The Morgan fingerprint density at radius 1 is 0.388 bits per heavy atom. The second-order valence-electron chi connectivity index (χ2n) is 20.9. The number of hydrogen-bond donors (Lipinski definition) is 0. The summed E-state index contributed by atoms with van der Waals surface area (Å²) in [5.41, 5.74) is 0. The van der Waals surface area contributed by atoms with Crippen LogP contribution < -0.4 is 4.89 Å². The normalized spacial score (nSPS) is 14.4. The topological polar surface area (TPSA) is 111 Å². The molecule has 0 radical (unpaired) electrons. The summed E-state index contributed by atoms with van der Waals surface area (Å²) in [5, 5.41) is 0. The van der Waals surface area contributed by atoms with Crippen LogP contribution in [0.25, 0.3) is 0 Å². The first-order valence-electron chi connectivity index (χ1n) is 30.8. The number of carbonyl (C=O) groups excluding carboxylic acids is 2. The summed E-state index contributed by atoms with van der Waals surface area (Å²) in [5.74, 6) is -0.881. The summed E-state index contributed by atoms with van der Waals surface area (Å²) >= 11 is 0. The molecule has 9 nitrogen and oxygen atoms in total. The molecule has 0 aromatic rings. The second-order valence-corrected chi connectivity index (χ2v) is 22.4. The largest absolute Gasteiger partial charge is 0.756 e. The van der Waals surface area contributed by atoms with Crippen molar-refractivity contribution in [3.8, 4) is 0 Å². The molecule has 0 heterocycles. The van der Waals surface area contributed by atoms with Gasteiger partial charge >= 0.3 is 11.9 Å². The quantitative estimate of drug-likeness (QED) is 0.0195. The first-order chi connectivity index (χ1) is 39.0. The van der Waals surface area contributed by atoms with Crippen molar-refractivity contribution >= 4 is 19.8 Å². The first kappa shape index (κ1) is 75.4. The zero-order valence-corrected chi connectivity index (χ0v) is 51.8. The van der Waals surface area contributed by atoms with Gasteiger partial charge in [0.2, 0.25) is 0 Å². The van der Waals surface area contributed by atoms with Crippen molar-refractivity contribution in [3.63, 3.8) is 0 Å². The van der Waals surface area contributed by atoms with E-state index in [0.29, 0.717) is 23.9 Å². The SMILES string of the molecule is CC/C=C\C/C=C\C/C=C\C/C=C\C/C=C\C/C=C\C/C=C\C/C=C\C/C=C\C/C=C\C/C=C\CCCCCCCC(=O)OC(COC(=O)CCCCCCCCC/C=C\C/C=C\C/C=C\CC)COP(=O)([O-])OCC[N+](C)(C)C. The molecule has 0 aliphatic heterocycles. The van der Waals surface area contributed by atoms with Crippen molar-refractivity contribution in [2.24, 2.45) is 0 Å². The standard InChI is InChI=1S/C70H112NO8P/c1-6-8-10-12-14-16-18-20-22-24-25-26-27-28-29-30-31-32-33-34-35-36-37-38-39-40-41-42-43-44-45-47-49-51-53-55-57-59-61-63-70(73)79-68(67-78-80(74,75)77-65-64-71(3,4)5)66-76-69(72)62-60-58-56-54-52-50-48-46-23-21-19-17-15-13-11-9-7-2/h8-11,14-17,20-23,25-26,28-29,31-32,34-35,37-38,40-41,43-44,47,49,68H,6-7,12-13,18-19,24,27,30,33,36,39,42,45-46,48,50-67H2,1-5H3/b10-8-,11-9-,16-14-,17-15-,22-20-,23-21-,26-25-,29-28-,32-31-,35-34-,38-37-,41-40-,44-43-,49-47-. The van der Waals surface area contributed by atoms with E-state index in [2.05, 4.69) is 184 Å². The van der Waals surface area contributed by atoms with E-state index in [-0.39, 0.29) is 26.1 Å². The summed E-state index contributed by atoms with van der Waals surface area (Å²) in [6, 6.07) is 0. The van der Waals surface area contributed by atoms with Crippen molar-refractivity contribution in [1.29, 1.82) is 0 Å². The van der Waals surface area contributed by atoms with Crippen LogP contribution in [-0.4, -0.2) is 70.0 Å². The molecular weight excluding hydrogens is 1010 g/mol. The van der Waals surface area contributed by atoms with Crippen molar-refractivity contribution in [3.05, 3.63) is 170 Å². The van der Waals surface area contributed by atoms with Gasteiger partial charge in [-0.1, -0.05) is 235 Å². The molecule has 2 atom stereocenters. The average Bonchev–Trinajstić information content (AvgIpc) is 3.42. The van der Waals surface area contributed by atoms with Crippen LogP contribution in [0.4, 0.5) is 0 Å². The van der Waals surface area contributed by atoms with Gasteiger partial charge in [0.15, 0.2) is 6.10 Å². The third kappa shape index (κ3) is 62.6. The molecule has 0 amide bonds. The number of unbranched alkanes of at least 4 members (excludes halogenated alkanes) is 12. The molecule has 2 unspecified atom stereocenters. The number of nitrogens with zero attached hydrogens (tertiary/aromatic N) is 1. The molecule has 0 saturated carbocycles. The third-order valence-electron chi connectivity index (χ3n) is 12.2. The monoisotopic (exact) mass is 1130 g/mol. The summed E-state index contributed by atoms with van der Waals surface area (Å²) in [6.07, 6.45) is 89.8. The number of carbonyl (C=O) groups is 2. The lowest BCUT2D eigenvalue weighted by Gasteiger charge is -2.28. The number of phosphoric acid groups is 1. The number of quaternary nitrogens is 1. The number of rotatable bonds is 54. The van der Waals surface area contributed by atoms with Crippen LogP contribution in [0.3, 0.4) is 0 Å². The number of esters is 2. The van der Waals surface area contributed by atoms with Gasteiger partial charge in [0, 0.05) is 12.8 Å². The van der Waals surface area contributed by atoms with Gasteiger partial charge in [0.25, 0.3) is 7.82 Å². The Hall–Kier alpha value is -4.63. The lowest BCUT2D eigenvalue weighted by molar-refractivity contribution is -0.870. The predicted octanol–water partition coefficient (Wildman–Crippen LogP) is 19.2. The Morgan fingerprint density at radius 2 is 0.675 bits per heavy atom. The number of ether oxygens (including phenoxy) is 2. The fraction of sp³-hybridized carbons (Fsp3) is 0.571. The van der Waals surface area contributed by atoms with Crippen molar-refractivity contribution in [1.82, 2.24) is 0 Å². The molecule has 0 saturated heterocycles. The molecule has 0 aliphatic rings. The minimum atomic E-state index is -4.66. The van der Waals surface area contributed by atoms with E-state index in [1.807, 2.05) is 21.1 Å². The highest BCUT2D eigenvalue weighted by Gasteiger charge is 2.21. The van der Waals surface area contributed by atoms with Gasteiger partial charge in [-0.3, -0.25) is 14.2 Å². The van der Waals surface area contributed by atoms with E-state index in [4.69, 9.17) is 18.5 Å².